The maximum Gasteiger partial charge on any atom is 0.191 e. The van der Waals surface area contributed by atoms with Gasteiger partial charge >= 0.3 is 0 Å². The minimum Gasteiger partial charge on any atom is -0.362 e. The van der Waals surface area contributed by atoms with Gasteiger partial charge in [-0.05, 0) is 19.3 Å². The first-order chi connectivity index (χ1) is 10.4. The number of anilines is 1. The fraction of sp³-hybridized carbons (Fsp3) is 0.643. The van der Waals surface area contributed by atoms with Crippen molar-refractivity contribution in [1.82, 2.24) is 19.7 Å². The molecule has 0 unspecified atom stereocenters. The van der Waals surface area contributed by atoms with E-state index in [4.69, 9.17) is 0 Å². The fourth-order valence-electron chi connectivity index (χ4n) is 2.39. The highest BCUT2D eigenvalue weighted by molar-refractivity contribution is 7.98. The van der Waals surface area contributed by atoms with E-state index in [0.29, 0.717) is 0 Å². The summed E-state index contributed by atoms with van der Waals surface area (Å²) in [5, 5.41) is 14.1. The van der Waals surface area contributed by atoms with Gasteiger partial charge in [-0.15, -0.1) is 21.5 Å². The highest BCUT2D eigenvalue weighted by Crippen LogP contribution is 2.28. The summed E-state index contributed by atoms with van der Waals surface area (Å²) in [4.78, 5) is 5.69. The zero-order valence-corrected chi connectivity index (χ0v) is 14.0. The normalized spacial score (nSPS) is 14.7. The first-order valence-electron chi connectivity index (χ1n) is 7.60. The molecule has 0 radical (unpaired) electrons. The Labute approximate surface area is 133 Å². The highest BCUT2D eigenvalue weighted by atomic mass is 32.2. The van der Waals surface area contributed by atoms with Crippen LogP contribution in [0.4, 0.5) is 5.13 Å². The van der Waals surface area contributed by atoms with E-state index >= 15 is 0 Å². The van der Waals surface area contributed by atoms with E-state index in [2.05, 4.69) is 32.0 Å². The first-order valence-corrected chi connectivity index (χ1v) is 9.40. The van der Waals surface area contributed by atoms with Crippen LogP contribution in [0.3, 0.4) is 0 Å². The van der Waals surface area contributed by atoms with Crippen molar-refractivity contribution in [3.05, 3.63) is 16.9 Å². The molecule has 0 saturated carbocycles. The van der Waals surface area contributed by atoms with E-state index in [1.807, 2.05) is 6.20 Å². The monoisotopic (exact) mass is 323 g/mol. The average molecular weight is 323 g/mol. The van der Waals surface area contributed by atoms with Crippen LogP contribution >= 0.6 is 23.1 Å². The van der Waals surface area contributed by atoms with Crippen molar-refractivity contribution < 1.29 is 0 Å². The molecule has 1 N–H and O–H groups in total. The number of thioether (sulfide) groups is 1. The first kappa shape index (κ1) is 14.8. The van der Waals surface area contributed by atoms with Crippen molar-refractivity contribution in [3.63, 3.8) is 0 Å². The van der Waals surface area contributed by atoms with Crippen LogP contribution in [0.25, 0.3) is 0 Å². The molecular formula is C14H21N5S2. The molecule has 1 aliphatic heterocycles. The number of fused-ring (bicyclic) bond motifs is 1. The summed E-state index contributed by atoms with van der Waals surface area (Å²) >= 11 is 3.51. The quantitative estimate of drug-likeness (QED) is 0.824. The molecule has 114 valence electrons. The molecule has 0 saturated heterocycles. The summed E-state index contributed by atoms with van der Waals surface area (Å²) in [6, 6.07) is 0. The molecular weight excluding hydrogens is 302 g/mol. The summed E-state index contributed by atoms with van der Waals surface area (Å²) in [6.45, 7) is 4.21. The molecule has 1 aliphatic rings. The Morgan fingerprint density at radius 1 is 1.33 bits per heavy atom. The minimum atomic E-state index is 0.920. The van der Waals surface area contributed by atoms with Crippen molar-refractivity contribution in [1.29, 1.82) is 0 Å². The molecule has 21 heavy (non-hydrogen) atoms. The van der Waals surface area contributed by atoms with Crippen LogP contribution in [0.1, 0.15) is 43.3 Å². The van der Waals surface area contributed by atoms with Crippen molar-refractivity contribution >= 4 is 28.2 Å². The number of thiazole rings is 1. The van der Waals surface area contributed by atoms with Gasteiger partial charge in [0.2, 0.25) is 0 Å². The van der Waals surface area contributed by atoms with Crippen LogP contribution in [-0.2, 0) is 18.7 Å². The summed E-state index contributed by atoms with van der Waals surface area (Å²) in [7, 11) is 0. The van der Waals surface area contributed by atoms with Crippen LogP contribution in [0.5, 0.6) is 0 Å². The number of hydrogen-bond donors (Lipinski definition) is 1. The number of aromatic nitrogens is 4. The second-order valence-electron chi connectivity index (χ2n) is 5.21. The maximum atomic E-state index is 4.41. The second-order valence-corrected chi connectivity index (χ2v) is 7.27. The van der Waals surface area contributed by atoms with E-state index in [9.17, 15) is 0 Å². The number of rotatable bonds is 6. The van der Waals surface area contributed by atoms with Gasteiger partial charge in [0.15, 0.2) is 10.3 Å². The van der Waals surface area contributed by atoms with Crippen molar-refractivity contribution in [2.24, 2.45) is 0 Å². The van der Waals surface area contributed by atoms with Gasteiger partial charge in [-0.2, -0.15) is 0 Å². The molecule has 2 aromatic rings. The van der Waals surface area contributed by atoms with E-state index in [1.165, 1.54) is 24.1 Å². The summed E-state index contributed by atoms with van der Waals surface area (Å²) in [5.74, 6) is 2.08. The molecule has 3 heterocycles. The van der Waals surface area contributed by atoms with Crippen LogP contribution < -0.4 is 5.32 Å². The molecule has 2 aromatic heterocycles. The average Bonchev–Trinajstić information content (AvgIpc) is 3.03. The molecule has 7 heteroatoms. The molecule has 0 aromatic carbocycles. The van der Waals surface area contributed by atoms with Crippen molar-refractivity contribution in [2.45, 2.75) is 56.5 Å². The Morgan fingerprint density at radius 2 is 2.29 bits per heavy atom. The van der Waals surface area contributed by atoms with Gasteiger partial charge < -0.3 is 9.88 Å². The number of nitrogens with one attached hydrogen (secondary N) is 1. The third kappa shape index (κ3) is 3.77. The predicted molar refractivity (Wildman–Crippen MR) is 88.0 cm³/mol. The number of hydrogen-bond acceptors (Lipinski definition) is 6. The van der Waals surface area contributed by atoms with Crippen LogP contribution in [-0.4, -0.2) is 26.3 Å². The topological polar surface area (TPSA) is 55.6 Å². The van der Waals surface area contributed by atoms with E-state index in [1.54, 1.807) is 23.1 Å². The third-order valence-electron chi connectivity index (χ3n) is 3.50. The highest BCUT2D eigenvalue weighted by Gasteiger charge is 2.15. The lowest BCUT2D eigenvalue weighted by Gasteiger charge is -2.05. The largest absolute Gasteiger partial charge is 0.362 e. The van der Waals surface area contributed by atoms with Crippen LogP contribution in [0.2, 0.25) is 0 Å². The predicted octanol–water partition coefficient (Wildman–Crippen LogP) is 3.58. The minimum absolute atomic E-state index is 0.920. The van der Waals surface area contributed by atoms with Gasteiger partial charge in [-0.1, -0.05) is 25.1 Å². The molecule has 0 fully saturated rings. The Bertz CT molecular complexity index is 578. The number of aryl methyl sites for hydroxylation is 1. The molecule has 0 aliphatic carbocycles. The van der Waals surface area contributed by atoms with Crippen molar-refractivity contribution in [2.75, 3.05) is 11.9 Å². The lowest BCUT2D eigenvalue weighted by atomic mass is 10.2. The van der Waals surface area contributed by atoms with Crippen molar-refractivity contribution in [3.8, 4) is 0 Å². The zero-order chi connectivity index (χ0) is 14.5. The van der Waals surface area contributed by atoms with Gasteiger partial charge in [-0.25, -0.2) is 4.98 Å². The van der Waals surface area contributed by atoms with Gasteiger partial charge in [0.25, 0.3) is 0 Å². The standard InChI is InChI=1S/C14H21N5S2/c1-2-7-15-13-16-9-11(21-13)10-20-14-18-17-12-6-4-3-5-8-19(12)14/h9H,2-8,10H2,1H3,(H,15,16). The molecule has 5 nitrogen and oxygen atoms in total. The number of nitrogens with zero attached hydrogens (tertiary/aromatic N) is 4. The Hall–Kier alpha value is -1.08. The Balaban J connectivity index is 1.60. The van der Waals surface area contributed by atoms with E-state index in [-0.39, 0.29) is 0 Å². The van der Waals surface area contributed by atoms with Crippen LogP contribution in [0.15, 0.2) is 11.4 Å². The molecule has 0 bridgehead atoms. The van der Waals surface area contributed by atoms with Crippen LogP contribution in [0, 0.1) is 0 Å². The van der Waals surface area contributed by atoms with Gasteiger partial charge in [0.1, 0.15) is 5.82 Å². The SMILES string of the molecule is CCCNc1ncc(CSc2nnc3n2CCCCC3)s1. The summed E-state index contributed by atoms with van der Waals surface area (Å²) in [6.07, 6.45) is 7.94. The van der Waals surface area contributed by atoms with E-state index in [0.717, 1.165) is 47.8 Å². The Kier molecular flexibility index (Phi) is 5.13. The molecule has 0 amide bonds. The lowest BCUT2D eigenvalue weighted by molar-refractivity contribution is 0.591. The zero-order valence-electron chi connectivity index (χ0n) is 12.3. The summed E-state index contributed by atoms with van der Waals surface area (Å²) in [5.41, 5.74) is 0. The summed E-state index contributed by atoms with van der Waals surface area (Å²) < 4.78 is 2.30. The van der Waals surface area contributed by atoms with E-state index < -0.39 is 0 Å². The van der Waals surface area contributed by atoms with Gasteiger partial charge in [0.05, 0.1) is 0 Å². The Morgan fingerprint density at radius 3 is 3.19 bits per heavy atom. The molecule has 0 spiro atoms. The fourth-order valence-corrected chi connectivity index (χ4v) is 4.23. The maximum absolute atomic E-state index is 4.41. The lowest BCUT2D eigenvalue weighted by Crippen LogP contribution is -2.02. The van der Waals surface area contributed by atoms with Gasteiger partial charge in [-0.3, -0.25) is 0 Å². The smallest absolute Gasteiger partial charge is 0.191 e. The third-order valence-corrected chi connectivity index (χ3v) is 5.65. The second kappa shape index (κ2) is 7.26. The van der Waals surface area contributed by atoms with Gasteiger partial charge in [0, 0.05) is 36.3 Å². The molecule has 0 atom stereocenters. The molecule has 3 rings (SSSR count).